The predicted molar refractivity (Wildman–Crippen MR) is 91.1 cm³/mol. The maximum Gasteiger partial charge on any atom is 0.272 e. The Labute approximate surface area is 144 Å². The fraction of sp³-hybridized carbons (Fsp3) is 0.412. The van der Waals surface area contributed by atoms with Gasteiger partial charge in [-0.25, -0.2) is 14.5 Å². The van der Waals surface area contributed by atoms with Crippen molar-refractivity contribution >= 4 is 11.6 Å². The van der Waals surface area contributed by atoms with Gasteiger partial charge in [0.15, 0.2) is 5.65 Å². The summed E-state index contributed by atoms with van der Waals surface area (Å²) in [6.07, 6.45) is 7.88. The number of amides is 1. The van der Waals surface area contributed by atoms with Gasteiger partial charge in [-0.05, 0) is 26.2 Å². The lowest BCUT2D eigenvalue weighted by Gasteiger charge is -2.35. The summed E-state index contributed by atoms with van der Waals surface area (Å²) in [6, 6.07) is 3.22. The Morgan fingerprint density at radius 2 is 2.24 bits per heavy atom. The van der Waals surface area contributed by atoms with Crippen molar-refractivity contribution < 1.29 is 4.79 Å². The van der Waals surface area contributed by atoms with Crippen molar-refractivity contribution in [2.45, 2.75) is 38.8 Å². The largest absolute Gasteiger partial charge is 0.333 e. The minimum absolute atomic E-state index is 0.0231. The Balaban J connectivity index is 1.66. The van der Waals surface area contributed by atoms with Crippen LogP contribution in [0, 0.1) is 6.92 Å². The first-order valence-corrected chi connectivity index (χ1v) is 8.46. The van der Waals surface area contributed by atoms with Gasteiger partial charge in [0.1, 0.15) is 6.54 Å². The smallest absolute Gasteiger partial charge is 0.272 e. The van der Waals surface area contributed by atoms with E-state index in [1.807, 2.05) is 17.9 Å². The second kappa shape index (κ2) is 6.19. The third-order valence-electron chi connectivity index (χ3n) is 4.64. The molecule has 8 nitrogen and oxygen atoms in total. The first-order chi connectivity index (χ1) is 12.1. The Kier molecular flexibility index (Phi) is 3.87. The molecule has 0 bridgehead atoms. The highest BCUT2D eigenvalue weighted by atomic mass is 16.2. The molecule has 25 heavy (non-hydrogen) atoms. The van der Waals surface area contributed by atoms with Crippen molar-refractivity contribution in [1.82, 2.24) is 29.0 Å². The molecule has 0 saturated carbocycles. The normalized spacial score (nSPS) is 18.0. The molecular formula is C17H20N6O2. The number of rotatable bonds is 3. The van der Waals surface area contributed by atoms with E-state index in [-0.39, 0.29) is 24.1 Å². The number of nitrogens with zero attached hydrogens (tertiary/aromatic N) is 5. The summed E-state index contributed by atoms with van der Waals surface area (Å²) in [6.45, 7) is 2.82. The summed E-state index contributed by atoms with van der Waals surface area (Å²) in [7, 11) is 0. The van der Waals surface area contributed by atoms with Crippen molar-refractivity contribution in [2.24, 2.45) is 0 Å². The van der Waals surface area contributed by atoms with E-state index in [1.165, 1.54) is 10.6 Å². The molecule has 1 aliphatic rings. The Morgan fingerprint density at radius 3 is 3.04 bits per heavy atom. The molecule has 4 rings (SSSR count). The molecule has 0 radical (unpaired) electrons. The molecule has 130 valence electrons. The van der Waals surface area contributed by atoms with E-state index in [0.717, 1.165) is 25.0 Å². The minimum atomic E-state index is -0.155. The highest BCUT2D eigenvalue weighted by Gasteiger charge is 2.29. The summed E-state index contributed by atoms with van der Waals surface area (Å²) < 4.78 is 3.19. The van der Waals surface area contributed by atoms with Gasteiger partial charge in [-0.15, -0.1) is 0 Å². The molecule has 1 amide bonds. The standard InChI is InChI=1S/C17H20N6O2/c1-12-8-15-19-13(9-16(24)23(15)20-12)14-4-2-3-6-22(14)17(25)10-21-7-5-18-11-21/h5,7-9,11,14,20H,2-4,6,10H2,1H3/t14-/m0/s1. The molecule has 1 atom stereocenters. The fourth-order valence-electron chi connectivity index (χ4n) is 3.47. The van der Waals surface area contributed by atoms with Crippen LogP contribution in [0.4, 0.5) is 0 Å². The van der Waals surface area contributed by atoms with Gasteiger partial charge in [-0.3, -0.25) is 14.7 Å². The molecule has 1 N–H and O–H groups in total. The number of H-pyrrole nitrogens is 1. The summed E-state index contributed by atoms with van der Waals surface area (Å²) in [5.74, 6) is 0.0231. The van der Waals surface area contributed by atoms with Crippen molar-refractivity contribution in [3.05, 3.63) is 52.6 Å². The SMILES string of the molecule is Cc1cc2nc([C@@H]3CCCCN3C(=O)Cn3ccnc3)cc(=O)n2[nH]1. The summed E-state index contributed by atoms with van der Waals surface area (Å²) in [5, 5.41) is 2.97. The number of aromatic nitrogens is 5. The average Bonchev–Trinajstić information content (AvgIpc) is 3.23. The van der Waals surface area contributed by atoms with Crippen LogP contribution in [0.3, 0.4) is 0 Å². The second-order valence-electron chi connectivity index (χ2n) is 6.49. The molecule has 1 fully saturated rings. The van der Waals surface area contributed by atoms with Crippen molar-refractivity contribution in [2.75, 3.05) is 6.54 Å². The number of piperidine rings is 1. The zero-order chi connectivity index (χ0) is 17.4. The van der Waals surface area contributed by atoms with E-state index in [0.29, 0.717) is 17.9 Å². The minimum Gasteiger partial charge on any atom is -0.333 e. The topological polar surface area (TPSA) is 88.3 Å². The predicted octanol–water partition coefficient (Wildman–Crippen LogP) is 1.28. The Morgan fingerprint density at radius 1 is 1.36 bits per heavy atom. The van der Waals surface area contributed by atoms with E-state index in [1.54, 1.807) is 23.3 Å². The zero-order valence-electron chi connectivity index (χ0n) is 14.1. The van der Waals surface area contributed by atoms with Gasteiger partial charge in [0.05, 0.1) is 18.1 Å². The second-order valence-corrected chi connectivity index (χ2v) is 6.49. The average molecular weight is 340 g/mol. The molecule has 3 aromatic rings. The van der Waals surface area contributed by atoms with Crippen LogP contribution in [0.5, 0.6) is 0 Å². The van der Waals surface area contributed by atoms with Crippen molar-refractivity contribution in [1.29, 1.82) is 0 Å². The number of hydrogen-bond acceptors (Lipinski definition) is 4. The van der Waals surface area contributed by atoms with Gasteiger partial charge in [-0.2, -0.15) is 0 Å². The fourth-order valence-corrected chi connectivity index (χ4v) is 3.47. The van der Waals surface area contributed by atoms with Gasteiger partial charge in [0, 0.05) is 36.8 Å². The Hall–Kier alpha value is -2.90. The van der Waals surface area contributed by atoms with E-state index in [4.69, 9.17) is 0 Å². The maximum absolute atomic E-state index is 12.8. The number of aryl methyl sites for hydroxylation is 1. The van der Waals surface area contributed by atoms with Gasteiger partial charge in [-0.1, -0.05) is 0 Å². The van der Waals surface area contributed by atoms with E-state index in [9.17, 15) is 9.59 Å². The molecule has 0 aromatic carbocycles. The Bertz CT molecular complexity index is 955. The van der Waals surface area contributed by atoms with E-state index in [2.05, 4.69) is 15.1 Å². The lowest BCUT2D eigenvalue weighted by molar-refractivity contribution is -0.135. The van der Waals surface area contributed by atoms with Crippen LogP contribution < -0.4 is 5.56 Å². The molecule has 3 aromatic heterocycles. The first-order valence-electron chi connectivity index (χ1n) is 8.46. The van der Waals surface area contributed by atoms with Gasteiger partial charge in [0.2, 0.25) is 5.91 Å². The summed E-state index contributed by atoms with van der Waals surface area (Å²) in [4.78, 5) is 35.6. The third kappa shape index (κ3) is 2.95. The molecule has 8 heteroatoms. The number of carbonyl (C=O) groups excluding carboxylic acids is 1. The number of likely N-dealkylation sites (tertiary alicyclic amines) is 1. The maximum atomic E-state index is 12.8. The van der Waals surface area contributed by atoms with Crippen LogP contribution in [0.25, 0.3) is 5.65 Å². The molecular weight excluding hydrogens is 320 g/mol. The summed E-state index contributed by atoms with van der Waals surface area (Å²) in [5.41, 5.74) is 1.98. The van der Waals surface area contributed by atoms with E-state index < -0.39 is 0 Å². The van der Waals surface area contributed by atoms with Gasteiger partial charge in [0.25, 0.3) is 5.56 Å². The van der Waals surface area contributed by atoms with Crippen molar-refractivity contribution in [3.63, 3.8) is 0 Å². The lowest BCUT2D eigenvalue weighted by Crippen LogP contribution is -2.41. The van der Waals surface area contributed by atoms with Gasteiger partial charge >= 0.3 is 0 Å². The third-order valence-corrected chi connectivity index (χ3v) is 4.64. The molecule has 0 aliphatic carbocycles. The highest BCUT2D eigenvalue weighted by molar-refractivity contribution is 5.76. The summed E-state index contributed by atoms with van der Waals surface area (Å²) >= 11 is 0. The number of carbonyl (C=O) groups is 1. The number of hydrogen-bond donors (Lipinski definition) is 1. The molecule has 4 heterocycles. The molecule has 0 unspecified atom stereocenters. The number of imidazole rings is 1. The van der Waals surface area contributed by atoms with Crippen LogP contribution >= 0.6 is 0 Å². The molecule has 0 spiro atoms. The molecule has 1 saturated heterocycles. The quantitative estimate of drug-likeness (QED) is 0.778. The molecule has 1 aliphatic heterocycles. The number of nitrogens with one attached hydrogen (secondary N) is 1. The van der Waals surface area contributed by atoms with Crippen LogP contribution in [-0.2, 0) is 11.3 Å². The van der Waals surface area contributed by atoms with Crippen LogP contribution in [0.2, 0.25) is 0 Å². The number of fused-ring (bicyclic) bond motifs is 1. The highest BCUT2D eigenvalue weighted by Crippen LogP contribution is 2.29. The van der Waals surface area contributed by atoms with Gasteiger partial charge < -0.3 is 9.47 Å². The number of aromatic amines is 1. The first kappa shape index (κ1) is 15.6. The lowest BCUT2D eigenvalue weighted by atomic mass is 9.99. The van der Waals surface area contributed by atoms with Crippen LogP contribution in [-0.4, -0.2) is 41.5 Å². The zero-order valence-corrected chi connectivity index (χ0v) is 14.1. The van der Waals surface area contributed by atoms with Crippen LogP contribution in [0.15, 0.2) is 35.6 Å². The van der Waals surface area contributed by atoms with Crippen LogP contribution in [0.1, 0.15) is 36.7 Å². The monoisotopic (exact) mass is 340 g/mol. The van der Waals surface area contributed by atoms with Crippen molar-refractivity contribution in [3.8, 4) is 0 Å². The van der Waals surface area contributed by atoms with E-state index >= 15 is 0 Å².